The molecule has 2 amide bonds. The van der Waals surface area contributed by atoms with Crippen molar-refractivity contribution in [1.82, 2.24) is 10.6 Å². The van der Waals surface area contributed by atoms with Gasteiger partial charge in [-0.1, -0.05) is 24.6 Å². The van der Waals surface area contributed by atoms with Gasteiger partial charge < -0.3 is 16.0 Å². The smallest absolute Gasteiger partial charge is 0.319 e. The van der Waals surface area contributed by atoms with Crippen LogP contribution in [0, 0.1) is 0 Å². The monoisotopic (exact) mass is 255 g/mol. The fourth-order valence-corrected chi connectivity index (χ4v) is 1.50. The molecule has 0 aliphatic carbocycles. The lowest BCUT2D eigenvalue weighted by Gasteiger charge is -2.08. The van der Waals surface area contributed by atoms with E-state index in [2.05, 4.69) is 22.9 Å². The predicted octanol–water partition coefficient (Wildman–Crippen LogP) is 2.46. The minimum atomic E-state index is -0.217. The SMILES string of the molecule is CCCNCCNC(=O)Nc1cccc(Cl)c1. The predicted molar refractivity (Wildman–Crippen MR) is 71.6 cm³/mol. The molecule has 0 saturated heterocycles. The van der Waals surface area contributed by atoms with Crippen molar-refractivity contribution in [3.05, 3.63) is 29.3 Å². The third kappa shape index (κ3) is 6.14. The molecule has 1 rings (SSSR count). The van der Waals surface area contributed by atoms with Crippen LogP contribution in [0.1, 0.15) is 13.3 Å². The first-order chi connectivity index (χ1) is 8.22. The number of rotatable bonds is 6. The van der Waals surface area contributed by atoms with Crippen molar-refractivity contribution in [3.63, 3.8) is 0 Å². The van der Waals surface area contributed by atoms with Crippen LogP contribution in [0.2, 0.25) is 5.02 Å². The number of carbonyl (C=O) groups excluding carboxylic acids is 1. The van der Waals surface area contributed by atoms with E-state index in [-0.39, 0.29) is 6.03 Å². The van der Waals surface area contributed by atoms with Crippen molar-refractivity contribution in [2.45, 2.75) is 13.3 Å². The van der Waals surface area contributed by atoms with Crippen LogP contribution in [0.15, 0.2) is 24.3 Å². The summed E-state index contributed by atoms with van der Waals surface area (Å²) in [4.78, 5) is 11.5. The minimum Gasteiger partial charge on any atom is -0.337 e. The molecule has 1 aromatic carbocycles. The maximum absolute atomic E-state index is 11.5. The lowest BCUT2D eigenvalue weighted by molar-refractivity contribution is 0.252. The lowest BCUT2D eigenvalue weighted by Crippen LogP contribution is -2.34. The molecule has 0 unspecified atom stereocenters. The first-order valence-electron chi connectivity index (χ1n) is 5.73. The second kappa shape index (κ2) is 7.92. The molecule has 1 aromatic rings. The van der Waals surface area contributed by atoms with Crippen LogP contribution in [-0.4, -0.2) is 25.7 Å². The van der Waals surface area contributed by atoms with Crippen molar-refractivity contribution in [2.24, 2.45) is 0 Å². The molecule has 0 atom stereocenters. The third-order valence-electron chi connectivity index (χ3n) is 2.10. The fourth-order valence-electron chi connectivity index (χ4n) is 1.31. The Kier molecular flexibility index (Phi) is 6.43. The third-order valence-corrected chi connectivity index (χ3v) is 2.33. The van der Waals surface area contributed by atoms with Crippen LogP contribution >= 0.6 is 11.6 Å². The molecule has 0 saturated carbocycles. The van der Waals surface area contributed by atoms with Gasteiger partial charge in [-0.3, -0.25) is 0 Å². The highest BCUT2D eigenvalue weighted by Crippen LogP contribution is 2.14. The first-order valence-corrected chi connectivity index (χ1v) is 6.11. The molecule has 17 heavy (non-hydrogen) atoms. The van der Waals surface area contributed by atoms with Gasteiger partial charge in [0.05, 0.1) is 0 Å². The molecular weight excluding hydrogens is 238 g/mol. The number of nitrogens with one attached hydrogen (secondary N) is 3. The van der Waals surface area contributed by atoms with E-state index in [0.29, 0.717) is 17.3 Å². The molecule has 94 valence electrons. The number of hydrogen-bond donors (Lipinski definition) is 3. The Morgan fingerprint density at radius 3 is 2.82 bits per heavy atom. The maximum atomic E-state index is 11.5. The van der Waals surface area contributed by atoms with Crippen LogP contribution < -0.4 is 16.0 Å². The molecule has 0 bridgehead atoms. The van der Waals surface area contributed by atoms with Crippen LogP contribution in [0.5, 0.6) is 0 Å². The van der Waals surface area contributed by atoms with Gasteiger partial charge in [-0.25, -0.2) is 4.79 Å². The summed E-state index contributed by atoms with van der Waals surface area (Å²) in [6.07, 6.45) is 1.09. The van der Waals surface area contributed by atoms with Crippen molar-refractivity contribution < 1.29 is 4.79 Å². The fraction of sp³-hybridized carbons (Fsp3) is 0.417. The van der Waals surface area contributed by atoms with Gasteiger partial charge in [-0.15, -0.1) is 0 Å². The highest BCUT2D eigenvalue weighted by molar-refractivity contribution is 6.30. The van der Waals surface area contributed by atoms with Crippen molar-refractivity contribution in [2.75, 3.05) is 25.0 Å². The van der Waals surface area contributed by atoms with E-state index in [9.17, 15) is 4.79 Å². The van der Waals surface area contributed by atoms with Gasteiger partial charge in [0.2, 0.25) is 0 Å². The number of halogens is 1. The molecule has 4 nitrogen and oxygen atoms in total. The Labute approximate surface area is 107 Å². The Hall–Kier alpha value is -1.26. The van der Waals surface area contributed by atoms with E-state index in [1.807, 2.05) is 0 Å². The Morgan fingerprint density at radius 2 is 2.12 bits per heavy atom. The van der Waals surface area contributed by atoms with Crippen LogP contribution in [0.4, 0.5) is 10.5 Å². The molecule has 0 fully saturated rings. The summed E-state index contributed by atoms with van der Waals surface area (Å²) in [5.74, 6) is 0. The molecule has 0 aliphatic rings. The quantitative estimate of drug-likeness (QED) is 0.684. The minimum absolute atomic E-state index is 0.217. The van der Waals surface area contributed by atoms with E-state index in [4.69, 9.17) is 11.6 Å². The second-order valence-electron chi connectivity index (χ2n) is 3.64. The highest BCUT2D eigenvalue weighted by atomic mass is 35.5. The number of carbonyl (C=O) groups is 1. The van der Waals surface area contributed by atoms with Gasteiger partial charge in [0, 0.05) is 23.8 Å². The normalized spacial score (nSPS) is 10.0. The largest absolute Gasteiger partial charge is 0.337 e. The maximum Gasteiger partial charge on any atom is 0.319 e. The molecule has 0 radical (unpaired) electrons. The van der Waals surface area contributed by atoms with Crippen molar-refractivity contribution in [3.8, 4) is 0 Å². The van der Waals surface area contributed by atoms with Crippen LogP contribution in [0.25, 0.3) is 0 Å². The highest BCUT2D eigenvalue weighted by Gasteiger charge is 2.00. The van der Waals surface area contributed by atoms with Gasteiger partial charge in [0.1, 0.15) is 0 Å². The van der Waals surface area contributed by atoms with Gasteiger partial charge in [-0.2, -0.15) is 0 Å². The van der Waals surface area contributed by atoms with E-state index >= 15 is 0 Å². The summed E-state index contributed by atoms with van der Waals surface area (Å²) in [6.45, 7) is 4.45. The first kappa shape index (κ1) is 13.8. The zero-order valence-electron chi connectivity index (χ0n) is 9.92. The molecule has 0 aliphatic heterocycles. The summed E-state index contributed by atoms with van der Waals surface area (Å²) in [5.41, 5.74) is 0.691. The number of anilines is 1. The van der Waals surface area contributed by atoms with Crippen LogP contribution in [-0.2, 0) is 0 Å². The average Bonchev–Trinajstić information content (AvgIpc) is 2.29. The summed E-state index contributed by atoms with van der Waals surface area (Å²) in [5, 5.41) is 9.27. The summed E-state index contributed by atoms with van der Waals surface area (Å²) < 4.78 is 0. The summed E-state index contributed by atoms with van der Waals surface area (Å²) in [7, 11) is 0. The van der Waals surface area contributed by atoms with E-state index in [1.54, 1.807) is 24.3 Å². The Balaban J connectivity index is 2.21. The van der Waals surface area contributed by atoms with Crippen molar-refractivity contribution in [1.29, 1.82) is 0 Å². The molecule has 0 heterocycles. The number of hydrogen-bond acceptors (Lipinski definition) is 2. The number of urea groups is 1. The number of amides is 2. The molecule has 0 spiro atoms. The van der Waals surface area contributed by atoms with Gasteiger partial charge in [0.25, 0.3) is 0 Å². The van der Waals surface area contributed by atoms with Crippen LogP contribution in [0.3, 0.4) is 0 Å². The van der Waals surface area contributed by atoms with Gasteiger partial charge in [-0.05, 0) is 31.2 Å². The van der Waals surface area contributed by atoms with E-state index < -0.39 is 0 Å². The molecule has 3 N–H and O–H groups in total. The zero-order valence-corrected chi connectivity index (χ0v) is 10.7. The Morgan fingerprint density at radius 1 is 1.29 bits per heavy atom. The van der Waals surface area contributed by atoms with E-state index in [0.717, 1.165) is 19.5 Å². The van der Waals surface area contributed by atoms with Gasteiger partial charge >= 0.3 is 6.03 Å². The molecular formula is C12H18ClN3O. The van der Waals surface area contributed by atoms with Gasteiger partial charge in [0.15, 0.2) is 0 Å². The topological polar surface area (TPSA) is 53.2 Å². The summed E-state index contributed by atoms with van der Waals surface area (Å²) >= 11 is 5.81. The molecule has 0 aromatic heterocycles. The van der Waals surface area contributed by atoms with Crippen molar-refractivity contribution >= 4 is 23.3 Å². The average molecular weight is 256 g/mol. The number of benzene rings is 1. The van der Waals surface area contributed by atoms with E-state index in [1.165, 1.54) is 0 Å². The molecule has 5 heteroatoms. The second-order valence-corrected chi connectivity index (χ2v) is 4.08. The summed E-state index contributed by atoms with van der Waals surface area (Å²) in [6, 6.07) is 6.84. The zero-order chi connectivity index (χ0) is 12.5. The Bertz CT molecular complexity index is 357. The lowest BCUT2D eigenvalue weighted by atomic mass is 10.3. The standard InChI is InChI=1S/C12H18ClN3O/c1-2-6-14-7-8-15-12(17)16-11-5-3-4-10(13)9-11/h3-5,9,14H,2,6-8H2,1H3,(H2,15,16,17).